The highest BCUT2D eigenvalue weighted by Crippen LogP contribution is 2.38. The summed E-state index contributed by atoms with van der Waals surface area (Å²) in [5, 5.41) is 11.3. The quantitative estimate of drug-likeness (QED) is 0.180. The van der Waals surface area contributed by atoms with Gasteiger partial charge in [-0.3, -0.25) is 15.1 Å². The molecule has 0 saturated carbocycles. The largest absolute Gasteiger partial charge is 0.375 e. The predicted octanol–water partition coefficient (Wildman–Crippen LogP) is 6.70. The van der Waals surface area contributed by atoms with Gasteiger partial charge in [0.1, 0.15) is 11.7 Å². The minimum atomic E-state index is -0.517. The zero-order valence-corrected chi connectivity index (χ0v) is 20.5. The molecule has 186 valence electrons. The number of nitro groups is 1. The molecule has 0 amide bonds. The lowest BCUT2D eigenvalue weighted by atomic mass is 10.0. The number of hydrogen-bond donors (Lipinski definition) is 0. The second-order valence-corrected chi connectivity index (χ2v) is 8.71. The summed E-state index contributed by atoms with van der Waals surface area (Å²) in [6, 6.07) is 8.97. The van der Waals surface area contributed by atoms with E-state index in [2.05, 4.69) is 16.1 Å². The third kappa shape index (κ3) is 5.33. The Bertz CT molecular complexity index is 1330. The van der Waals surface area contributed by atoms with Crippen LogP contribution in [0.15, 0.2) is 73.4 Å². The molecular formula is C28H29FN4O3. The molecule has 1 aliphatic heterocycles. The van der Waals surface area contributed by atoms with Crippen LogP contribution in [0.1, 0.15) is 48.5 Å². The number of hydrogen-bond acceptors (Lipinski definition) is 5. The fraction of sp³-hybridized carbons (Fsp3) is 0.286. The van der Waals surface area contributed by atoms with Crippen molar-refractivity contribution < 1.29 is 14.1 Å². The first-order valence-corrected chi connectivity index (χ1v) is 12.0. The van der Waals surface area contributed by atoms with Gasteiger partial charge in [-0.1, -0.05) is 37.8 Å². The van der Waals surface area contributed by atoms with Crippen LogP contribution in [0, 0.1) is 17.0 Å². The number of fused-ring (bicyclic) bond motifs is 1. The van der Waals surface area contributed by atoms with Crippen molar-refractivity contribution in [2.75, 3.05) is 6.61 Å². The number of pyridine rings is 1. The van der Waals surface area contributed by atoms with Crippen LogP contribution >= 0.6 is 0 Å². The van der Waals surface area contributed by atoms with Crippen molar-refractivity contribution in [2.45, 2.75) is 45.8 Å². The molecule has 8 heteroatoms. The zero-order valence-electron chi connectivity index (χ0n) is 20.5. The molecule has 0 unspecified atom stereocenters. The number of rotatable bonds is 10. The average molecular weight is 489 g/mol. The fourth-order valence-corrected chi connectivity index (χ4v) is 4.59. The van der Waals surface area contributed by atoms with Gasteiger partial charge in [0.15, 0.2) is 0 Å². The Morgan fingerprint density at radius 1 is 1.31 bits per heavy atom. The Labute approximate surface area is 209 Å². The van der Waals surface area contributed by atoms with Gasteiger partial charge < -0.3 is 9.30 Å². The molecule has 0 radical (unpaired) electrons. The van der Waals surface area contributed by atoms with Gasteiger partial charge in [-0.25, -0.2) is 9.37 Å². The number of nitro benzene ring substituents is 1. The van der Waals surface area contributed by atoms with E-state index in [1.807, 2.05) is 31.2 Å². The van der Waals surface area contributed by atoms with Crippen LogP contribution in [-0.4, -0.2) is 26.1 Å². The van der Waals surface area contributed by atoms with Crippen LogP contribution in [0.4, 0.5) is 10.1 Å². The number of allylic oxidation sites excluding steroid dienone is 5. The molecule has 0 spiro atoms. The first-order valence-electron chi connectivity index (χ1n) is 12.0. The second-order valence-electron chi connectivity index (χ2n) is 8.71. The van der Waals surface area contributed by atoms with Gasteiger partial charge in [0.25, 0.3) is 5.69 Å². The number of imidazole rings is 1. The highest BCUT2D eigenvalue weighted by Gasteiger charge is 2.30. The summed E-state index contributed by atoms with van der Waals surface area (Å²) in [6.45, 7) is 7.83. The summed E-state index contributed by atoms with van der Waals surface area (Å²) in [4.78, 5) is 20.0. The predicted molar refractivity (Wildman–Crippen MR) is 138 cm³/mol. The molecule has 36 heavy (non-hydrogen) atoms. The lowest BCUT2D eigenvalue weighted by Crippen LogP contribution is -2.13. The minimum absolute atomic E-state index is 0.0476. The van der Waals surface area contributed by atoms with Crippen molar-refractivity contribution in [3.8, 4) is 11.3 Å². The number of benzene rings is 1. The van der Waals surface area contributed by atoms with Crippen LogP contribution in [0.25, 0.3) is 16.8 Å². The molecule has 7 nitrogen and oxygen atoms in total. The molecule has 4 rings (SSSR count). The van der Waals surface area contributed by atoms with E-state index in [1.165, 1.54) is 12.1 Å². The van der Waals surface area contributed by atoms with E-state index in [1.54, 1.807) is 31.5 Å². The first kappa shape index (κ1) is 25.2. The summed E-state index contributed by atoms with van der Waals surface area (Å²) in [5.74, 6) is 0.434. The Kier molecular flexibility index (Phi) is 7.85. The SMILES string of the molecule is C=C(F)/C=C\C(=C/CC)c1nc2n(c1-c1ccncc1)[C@H](COCc1cccc([N+](=O)[O-])c1C)CC2. The number of aromatic nitrogens is 3. The van der Waals surface area contributed by atoms with Gasteiger partial charge in [0.05, 0.1) is 35.6 Å². The van der Waals surface area contributed by atoms with Gasteiger partial charge >= 0.3 is 0 Å². The number of halogens is 1. The molecule has 0 bridgehead atoms. The van der Waals surface area contributed by atoms with Crippen LogP contribution < -0.4 is 0 Å². The Balaban J connectivity index is 1.65. The van der Waals surface area contributed by atoms with Crippen molar-refractivity contribution in [1.29, 1.82) is 0 Å². The topological polar surface area (TPSA) is 83.1 Å². The summed E-state index contributed by atoms with van der Waals surface area (Å²) in [5.41, 5.74) is 5.04. The van der Waals surface area contributed by atoms with E-state index in [4.69, 9.17) is 9.72 Å². The van der Waals surface area contributed by atoms with E-state index in [-0.39, 0.29) is 23.3 Å². The summed E-state index contributed by atoms with van der Waals surface area (Å²) in [6.07, 6.45) is 11.0. The monoisotopic (exact) mass is 488 g/mol. The highest BCUT2D eigenvalue weighted by molar-refractivity contribution is 5.82. The third-order valence-electron chi connectivity index (χ3n) is 6.33. The molecule has 3 heterocycles. The summed E-state index contributed by atoms with van der Waals surface area (Å²) < 4.78 is 21.8. The van der Waals surface area contributed by atoms with Crippen molar-refractivity contribution in [3.05, 3.63) is 106 Å². The Morgan fingerprint density at radius 3 is 2.78 bits per heavy atom. The normalized spacial score (nSPS) is 15.4. The van der Waals surface area contributed by atoms with Crippen molar-refractivity contribution >= 4 is 11.3 Å². The molecule has 0 aliphatic carbocycles. The Hall–Kier alpha value is -3.91. The maximum atomic E-state index is 13.4. The van der Waals surface area contributed by atoms with Gasteiger partial charge in [-0.15, -0.1) is 0 Å². The number of aryl methyl sites for hydroxylation is 1. The van der Waals surface area contributed by atoms with Crippen LogP contribution in [-0.2, 0) is 17.8 Å². The maximum absolute atomic E-state index is 13.4. The summed E-state index contributed by atoms with van der Waals surface area (Å²) >= 11 is 0. The highest BCUT2D eigenvalue weighted by atomic mass is 19.1. The van der Waals surface area contributed by atoms with Crippen LogP contribution in [0.2, 0.25) is 0 Å². The molecule has 1 aromatic carbocycles. The minimum Gasteiger partial charge on any atom is -0.375 e. The van der Waals surface area contributed by atoms with E-state index in [0.717, 1.165) is 53.2 Å². The van der Waals surface area contributed by atoms with Crippen molar-refractivity contribution in [1.82, 2.24) is 14.5 Å². The van der Waals surface area contributed by atoms with Gasteiger partial charge in [-0.05, 0) is 49.1 Å². The number of nitrogens with zero attached hydrogens (tertiary/aromatic N) is 4. The van der Waals surface area contributed by atoms with E-state index < -0.39 is 5.83 Å². The lowest BCUT2D eigenvalue weighted by Gasteiger charge is -2.18. The molecular weight excluding hydrogens is 459 g/mol. The maximum Gasteiger partial charge on any atom is 0.272 e. The smallest absolute Gasteiger partial charge is 0.272 e. The van der Waals surface area contributed by atoms with Crippen molar-refractivity contribution in [2.24, 2.45) is 0 Å². The van der Waals surface area contributed by atoms with Gasteiger partial charge in [-0.2, -0.15) is 0 Å². The zero-order chi connectivity index (χ0) is 25.7. The number of ether oxygens (including phenoxy) is 1. The molecule has 0 fully saturated rings. The Morgan fingerprint density at radius 2 is 2.08 bits per heavy atom. The van der Waals surface area contributed by atoms with E-state index in [0.29, 0.717) is 12.2 Å². The third-order valence-corrected chi connectivity index (χ3v) is 6.33. The second kappa shape index (κ2) is 11.2. The molecule has 0 N–H and O–H groups in total. The van der Waals surface area contributed by atoms with Crippen LogP contribution in [0.5, 0.6) is 0 Å². The summed E-state index contributed by atoms with van der Waals surface area (Å²) in [7, 11) is 0. The average Bonchev–Trinajstić information content (AvgIpc) is 3.42. The molecule has 1 atom stereocenters. The molecule has 1 aliphatic rings. The van der Waals surface area contributed by atoms with E-state index >= 15 is 0 Å². The van der Waals surface area contributed by atoms with Crippen LogP contribution in [0.3, 0.4) is 0 Å². The standard InChI is InChI=1S/C28H29FN4O3/c1-4-6-21(10-9-19(2)29)27-28(22-13-15-30-16-14-22)32-24(11-12-26(32)31-27)18-36-17-23-7-5-8-25(20(23)3)33(34)35/h5-10,13-16,24H,2,4,11-12,17-18H2,1,3H3/b10-9-,21-6+/t24-/m0/s1. The first-order chi connectivity index (χ1) is 17.4. The van der Waals surface area contributed by atoms with Gasteiger partial charge in [0.2, 0.25) is 0 Å². The van der Waals surface area contributed by atoms with Gasteiger partial charge in [0, 0.05) is 36.0 Å². The molecule has 3 aromatic rings. The van der Waals surface area contributed by atoms with Crippen molar-refractivity contribution in [3.63, 3.8) is 0 Å². The molecule has 0 saturated heterocycles. The van der Waals surface area contributed by atoms with E-state index in [9.17, 15) is 14.5 Å². The molecule has 2 aromatic heterocycles. The lowest BCUT2D eigenvalue weighted by molar-refractivity contribution is -0.385. The fourth-order valence-electron chi connectivity index (χ4n) is 4.59.